The van der Waals surface area contributed by atoms with Crippen molar-refractivity contribution in [2.24, 2.45) is 23.7 Å². The predicted octanol–water partition coefficient (Wildman–Crippen LogP) is 5.11. The van der Waals surface area contributed by atoms with E-state index in [4.69, 9.17) is 11.6 Å². The third kappa shape index (κ3) is 2.24. The number of benzene rings is 1. The van der Waals surface area contributed by atoms with Gasteiger partial charge in [0.15, 0.2) is 0 Å². The third-order valence-electron chi connectivity index (χ3n) is 6.27. The van der Waals surface area contributed by atoms with E-state index < -0.39 is 0 Å². The second-order valence-corrected chi connectivity index (χ2v) is 9.10. The quantitative estimate of drug-likeness (QED) is 0.805. The molecule has 2 aromatic rings. The summed E-state index contributed by atoms with van der Waals surface area (Å²) in [7, 11) is 0. The van der Waals surface area contributed by atoms with Gasteiger partial charge in [-0.05, 0) is 61.8 Å². The van der Waals surface area contributed by atoms with E-state index in [1.807, 2.05) is 24.3 Å². The highest BCUT2D eigenvalue weighted by molar-refractivity contribution is 7.21. The molecule has 0 atom stereocenters. The van der Waals surface area contributed by atoms with E-state index in [0.717, 1.165) is 21.9 Å². The van der Waals surface area contributed by atoms with Crippen LogP contribution in [0.4, 0.5) is 0 Å². The number of hydrogen-bond acceptors (Lipinski definition) is 2. The first kappa shape index (κ1) is 14.3. The molecule has 6 rings (SSSR count). The molecule has 4 aliphatic carbocycles. The zero-order valence-electron chi connectivity index (χ0n) is 12.9. The van der Waals surface area contributed by atoms with E-state index in [-0.39, 0.29) is 5.91 Å². The van der Waals surface area contributed by atoms with Crippen LogP contribution in [0.2, 0.25) is 5.02 Å². The maximum absolute atomic E-state index is 12.8. The monoisotopic (exact) mass is 345 g/mol. The fraction of sp³-hybridized carbons (Fsp3) is 0.526. The summed E-state index contributed by atoms with van der Waals surface area (Å²) in [6.07, 6.45) is 6.71. The molecule has 4 saturated carbocycles. The molecule has 23 heavy (non-hydrogen) atoms. The topological polar surface area (TPSA) is 29.1 Å². The second kappa shape index (κ2) is 5.22. The minimum atomic E-state index is 0.0358. The molecule has 0 saturated heterocycles. The van der Waals surface area contributed by atoms with E-state index in [1.54, 1.807) is 0 Å². The Hall–Kier alpha value is -1.06. The number of halogens is 1. The number of rotatable bonds is 2. The highest BCUT2D eigenvalue weighted by Gasteiger charge is 2.48. The smallest absolute Gasteiger partial charge is 0.263 e. The van der Waals surface area contributed by atoms with Gasteiger partial charge in [-0.2, -0.15) is 0 Å². The average Bonchev–Trinajstić information content (AvgIpc) is 2.88. The van der Waals surface area contributed by atoms with Crippen molar-refractivity contribution in [2.45, 2.75) is 38.1 Å². The van der Waals surface area contributed by atoms with Crippen molar-refractivity contribution in [1.82, 2.24) is 5.32 Å². The van der Waals surface area contributed by atoms with Gasteiger partial charge in [-0.25, -0.2) is 0 Å². The Morgan fingerprint density at radius 1 is 1.04 bits per heavy atom. The molecule has 1 aromatic carbocycles. The molecule has 1 aromatic heterocycles. The molecular weight excluding hydrogens is 326 g/mol. The first-order chi connectivity index (χ1) is 11.2. The van der Waals surface area contributed by atoms with Crippen molar-refractivity contribution in [1.29, 1.82) is 0 Å². The van der Waals surface area contributed by atoms with Crippen molar-refractivity contribution in [3.8, 4) is 0 Å². The summed E-state index contributed by atoms with van der Waals surface area (Å²) in [6, 6.07) is 8.37. The molecular formula is C19H20ClNOS. The zero-order chi connectivity index (χ0) is 15.6. The van der Waals surface area contributed by atoms with E-state index in [9.17, 15) is 4.79 Å². The molecule has 4 bridgehead atoms. The average molecular weight is 346 g/mol. The Morgan fingerprint density at radius 2 is 1.70 bits per heavy atom. The minimum absolute atomic E-state index is 0.0358. The zero-order valence-corrected chi connectivity index (χ0v) is 14.5. The van der Waals surface area contributed by atoms with Gasteiger partial charge in [0.2, 0.25) is 0 Å². The Balaban J connectivity index is 1.41. The van der Waals surface area contributed by atoms with Gasteiger partial charge >= 0.3 is 0 Å². The predicted molar refractivity (Wildman–Crippen MR) is 95.1 cm³/mol. The number of carbonyl (C=O) groups excluding carboxylic acids is 1. The molecule has 0 aliphatic heterocycles. The Labute approximate surface area is 145 Å². The molecule has 0 spiro atoms. The lowest BCUT2D eigenvalue weighted by Gasteiger charge is -2.54. The lowest BCUT2D eigenvalue weighted by atomic mass is 9.54. The summed E-state index contributed by atoms with van der Waals surface area (Å²) in [5.41, 5.74) is 0. The van der Waals surface area contributed by atoms with Crippen molar-refractivity contribution in [2.75, 3.05) is 0 Å². The van der Waals surface area contributed by atoms with Crippen LogP contribution in [0.5, 0.6) is 0 Å². The van der Waals surface area contributed by atoms with Gasteiger partial charge in [-0.3, -0.25) is 4.79 Å². The maximum atomic E-state index is 12.8. The fourth-order valence-electron chi connectivity index (χ4n) is 5.54. The molecule has 0 unspecified atom stereocenters. The molecule has 4 aliphatic rings. The van der Waals surface area contributed by atoms with Gasteiger partial charge in [0, 0.05) is 16.1 Å². The lowest BCUT2D eigenvalue weighted by molar-refractivity contribution is -0.0119. The summed E-state index contributed by atoms with van der Waals surface area (Å²) < 4.78 is 1.09. The summed E-state index contributed by atoms with van der Waals surface area (Å²) in [4.78, 5) is 13.5. The van der Waals surface area contributed by atoms with Crippen LogP contribution in [-0.4, -0.2) is 11.9 Å². The second-order valence-electron chi connectivity index (χ2n) is 7.67. The van der Waals surface area contributed by atoms with E-state index in [1.165, 1.54) is 43.4 Å². The minimum Gasteiger partial charge on any atom is -0.348 e. The van der Waals surface area contributed by atoms with Gasteiger partial charge in [0.05, 0.1) is 5.02 Å². The summed E-state index contributed by atoms with van der Waals surface area (Å²) in [5.74, 6) is 3.29. The van der Waals surface area contributed by atoms with Crippen LogP contribution in [0.3, 0.4) is 0 Å². The van der Waals surface area contributed by atoms with Gasteiger partial charge in [0.1, 0.15) is 4.88 Å². The molecule has 0 radical (unpaired) electrons. The van der Waals surface area contributed by atoms with E-state index in [0.29, 0.717) is 27.8 Å². The standard InChI is InChI=1S/C19H20ClNOS/c20-16-14-3-1-2-4-15(14)23-18(16)19(22)21-17-12-6-10-5-11(8-12)9-13(17)7-10/h1-4,10-13,17H,5-9H2,(H,21,22). The van der Waals surface area contributed by atoms with Crippen LogP contribution >= 0.6 is 22.9 Å². The Bertz CT molecular complexity index is 755. The molecule has 4 heteroatoms. The van der Waals surface area contributed by atoms with Gasteiger partial charge in [-0.15, -0.1) is 11.3 Å². The fourth-order valence-corrected chi connectivity index (χ4v) is 6.96. The lowest BCUT2D eigenvalue weighted by Crippen LogP contribution is -2.55. The molecule has 2 nitrogen and oxygen atoms in total. The molecule has 120 valence electrons. The SMILES string of the molecule is O=C(NC1C2CC3CC(C2)CC1C3)c1sc2ccccc2c1Cl. The summed E-state index contributed by atoms with van der Waals surface area (Å²) in [6.45, 7) is 0. The number of thiophene rings is 1. The van der Waals surface area contributed by atoms with Crippen molar-refractivity contribution in [3.63, 3.8) is 0 Å². The van der Waals surface area contributed by atoms with Gasteiger partial charge < -0.3 is 5.32 Å². The van der Waals surface area contributed by atoms with E-state index in [2.05, 4.69) is 5.32 Å². The number of fused-ring (bicyclic) bond motifs is 1. The van der Waals surface area contributed by atoms with Gasteiger partial charge in [0.25, 0.3) is 5.91 Å². The van der Waals surface area contributed by atoms with Crippen LogP contribution in [0, 0.1) is 23.7 Å². The number of nitrogens with one attached hydrogen (secondary N) is 1. The van der Waals surface area contributed by atoms with Crippen molar-refractivity contribution in [3.05, 3.63) is 34.2 Å². The summed E-state index contributed by atoms with van der Waals surface area (Å²) in [5, 5.41) is 4.98. The number of carbonyl (C=O) groups is 1. The first-order valence-corrected chi connectivity index (χ1v) is 9.86. The maximum Gasteiger partial charge on any atom is 0.263 e. The molecule has 1 heterocycles. The number of hydrogen-bond donors (Lipinski definition) is 1. The molecule has 1 N–H and O–H groups in total. The number of amides is 1. The van der Waals surface area contributed by atoms with Crippen LogP contribution in [0.1, 0.15) is 41.8 Å². The Morgan fingerprint density at radius 3 is 2.35 bits per heavy atom. The highest BCUT2D eigenvalue weighted by Crippen LogP contribution is 2.53. The normalized spacial score (nSPS) is 34.9. The van der Waals surface area contributed by atoms with E-state index >= 15 is 0 Å². The van der Waals surface area contributed by atoms with Crippen LogP contribution in [-0.2, 0) is 0 Å². The summed E-state index contributed by atoms with van der Waals surface area (Å²) >= 11 is 7.98. The van der Waals surface area contributed by atoms with Crippen molar-refractivity contribution < 1.29 is 4.79 Å². The van der Waals surface area contributed by atoms with Gasteiger partial charge in [-0.1, -0.05) is 29.8 Å². The third-order valence-corrected chi connectivity index (χ3v) is 7.94. The van der Waals surface area contributed by atoms with Crippen LogP contribution in [0.15, 0.2) is 24.3 Å². The molecule has 4 fully saturated rings. The van der Waals surface area contributed by atoms with Crippen molar-refractivity contribution >= 4 is 38.9 Å². The van der Waals surface area contributed by atoms with Crippen LogP contribution in [0.25, 0.3) is 10.1 Å². The largest absolute Gasteiger partial charge is 0.348 e. The Kier molecular flexibility index (Phi) is 3.24. The highest BCUT2D eigenvalue weighted by atomic mass is 35.5. The first-order valence-electron chi connectivity index (χ1n) is 8.67. The van der Waals surface area contributed by atoms with Crippen LogP contribution < -0.4 is 5.32 Å². The molecule has 1 amide bonds.